The topological polar surface area (TPSA) is 92.7 Å². The second-order valence-corrected chi connectivity index (χ2v) is 8.29. The summed E-state index contributed by atoms with van der Waals surface area (Å²) in [5.74, 6) is -0.681. The molecule has 0 amide bonds. The highest BCUT2D eigenvalue weighted by Gasteiger charge is 2.28. The minimum Gasteiger partial charge on any atom is -0.497 e. The molecule has 0 fully saturated rings. The first-order valence-corrected chi connectivity index (χ1v) is 9.77. The van der Waals surface area contributed by atoms with Gasteiger partial charge in [0, 0.05) is 10.9 Å². The fourth-order valence-electron chi connectivity index (χ4n) is 2.81. The Labute approximate surface area is 144 Å². The van der Waals surface area contributed by atoms with Gasteiger partial charge in [-0.3, -0.25) is 4.72 Å². The Kier molecular flexibility index (Phi) is 4.51. The van der Waals surface area contributed by atoms with Crippen LogP contribution in [-0.4, -0.2) is 26.6 Å². The van der Waals surface area contributed by atoms with Crippen molar-refractivity contribution in [1.82, 2.24) is 0 Å². The number of methoxy groups -OCH3 is 1. The fraction of sp³-hybridized carbons (Fsp3) is 0.312. The summed E-state index contributed by atoms with van der Waals surface area (Å²) in [6, 6.07) is 6.06. The van der Waals surface area contributed by atoms with Gasteiger partial charge >= 0.3 is 5.97 Å². The second-order valence-electron chi connectivity index (χ2n) is 5.50. The first-order valence-electron chi connectivity index (χ1n) is 7.47. The van der Waals surface area contributed by atoms with Crippen molar-refractivity contribution in [1.29, 1.82) is 0 Å². The summed E-state index contributed by atoms with van der Waals surface area (Å²) in [6.45, 7) is 0. The highest BCUT2D eigenvalue weighted by molar-refractivity contribution is 7.93. The fourth-order valence-corrected chi connectivity index (χ4v) is 5.43. The predicted octanol–water partition coefficient (Wildman–Crippen LogP) is 3.13. The zero-order chi connectivity index (χ0) is 17.3. The molecule has 0 spiro atoms. The molecule has 0 unspecified atom stereocenters. The van der Waals surface area contributed by atoms with Crippen LogP contribution in [0.25, 0.3) is 0 Å². The van der Waals surface area contributed by atoms with E-state index >= 15 is 0 Å². The molecule has 1 heterocycles. The number of fused-ring (bicyclic) bond motifs is 1. The van der Waals surface area contributed by atoms with E-state index in [9.17, 15) is 18.3 Å². The number of sulfonamides is 1. The van der Waals surface area contributed by atoms with Crippen LogP contribution < -0.4 is 9.46 Å². The standard InChI is InChI=1S/C16H17NO5S2/c1-22-10-5-4-6-11(9-10)24(20,21)17-15-14(16(18)19)12-7-2-3-8-13(12)23-15/h4-6,9,17H,2-3,7-8H2,1H3,(H,18,19). The van der Waals surface area contributed by atoms with Crippen molar-refractivity contribution < 1.29 is 23.1 Å². The maximum atomic E-state index is 12.6. The first-order chi connectivity index (χ1) is 11.4. The molecule has 6 nitrogen and oxygen atoms in total. The molecule has 8 heteroatoms. The first kappa shape index (κ1) is 16.8. The van der Waals surface area contributed by atoms with E-state index in [1.807, 2.05) is 0 Å². The lowest BCUT2D eigenvalue weighted by atomic mass is 9.96. The summed E-state index contributed by atoms with van der Waals surface area (Å²) < 4.78 is 32.7. The zero-order valence-corrected chi connectivity index (χ0v) is 14.7. The molecule has 0 aliphatic heterocycles. The minimum absolute atomic E-state index is 0.0320. The van der Waals surface area contributed by atoms with E-state index in [0.717, 1.165) is 29.7 Å². The third kappa shape index (κ3) is 3.11. The van der Waals surface area contributed by atoms with E-state index < -0.39 is 16.0 Å². The van der Waals surface area contributed by atoms with Gasteiger partial charge in [-0.05, 0) is 43.4 Å². The molecular formula is C16H17NO5S2. The molecule has 24 heavy (non-hydrogen) atoms. The maximum Gasteiger partial charge on any atom is 0.339 e. The van der Waals surface area contributed by atoms with E-state index in [2.05, 4.69) is 4.72 Å². The highest BCUT2D eigenvalue weighted by Crippen LogP contribution is 2.39. The van der Waals surface area contributed by atoms with E-state index in [1.165, 1.54) is 30.6 Å². The highest BCUT2D eigenvalue weighted by atomic mass is 32.2. The third-order valence-corrected chi connectivity index (χ3v) is 6.65. The molecule has 1 aromatic heterocycles. The van der Waals surface area contributed by atoms with Gasteiger partial charge in [0.05, 0.1) is 17.6 Å². The van der Waals surface area contributed by atoms with Crippen LogP contribution in [0.3, 0.4) is 0 Å². The number of ether oxygens (including phenoxy) is 1. The molecule has 0 atom stereocenters. The van der Waals surface area contributed by atoms with E-state index in [1.54, 1.807) is 12.1 Å². The van der Waals surface area contributed by atoms with Gasteiger partial charge in [-0.1, -0.05) is 6.07 Å². The number of hydrogen-bond acceptors (Lipinski definition) is 5. The number of hydrogen-bond donors (Lipinski definition) is 2. The van der Waals surface area contributed by atoms with E-state index in [0.29, 0.717) is 12.2 Å². The lowest BCUT2D eigenvalue weighted by Crippen LogP contribution is -2.15. The summed E-state index contributed by atoms with van der Waals surface area (Å²) in [5.41, 5.74) is 0.850. The van der Waals surface area contributed by atoms with E-state index in [-0.39, 0.29) is 15.5 Å². The van der Waals surface area contributed by atoms with E-state index in [4.69, 9.17) is 4.74 Å². The number of nitrogens with one attached hydrogen (secondary N) is 1. The predicted molar refractivity (Wildman–Crippen MR) is 91.7 cm³/mol. The number of carbonyl (C=O) groups is 1. The van der Waals surface area contributed by atoms with Crippen LogP contribution >= 0.6 is 11.3 Å². The molecule has 0 radical (unpaired) electrons. The molecule has 0 bridgehead atoms. The van der Waals surface area contributed by atoms with Gasteiger partial charge in [-0.15, -0.1) is 11.3 Å². The Morgan fingerprint density at radius 3 is 2.75 bits per heavy atom. The van der Waals surface area contributed by atoms with Crippen LogP contribution in [0.5, 0.6) is 5.75 Å². The normalized spacial score (nSPS) is 14.0. The number of carboxylic acids is 1. The monoisotopic (exact) mass is 367 g/mol. The number of carboxylic acid groups (broad SMARTS) is 1. The van der Waals surface area contributed by atoms with Gasteiger partial charge in [-0.25, -0.2) is 13.2 Å². The van der Waals surface area contributed by atoms with Crippen molar-refractivity contribution in [3.63, 3.8) is 0 Å². The van der Waals surface area contributed by atoms with Gasteiger partial charge in [0.25, 0.3) is 10.0 Å². The summed E-state index contributed by atoms with van der Waals surface area (Å²) in [7, 11) is -2.43. The third-order valence-electron chi connectivity index (χ3n) is 3.96. The van der Waals surface area contributed by atoms with Crippen molar-refractivity contribution >= 4 is 32.3 Å². The Morgan fingerprint density at radius 2 is 2.04 bits per heavy atom. The molecule has 0 saturated carbocycles. The van der Waals surface area contributed by atoms with Gasteiger partial charge in [-0.2, -0.15) is 0 Å². The Morgan fingerprint density at radius 1 is 1.29 bits per heavy atom. The Balaban J connectivity index is 2.01. The number of thiophene rings is 1. The lowest BCUT2D eigenvalue weighted by molar-refractivity contribution is 0.0697. The van der Waals surface area contributed by atoms with Crippen LogP contribution in [0.15, 0.2) is 29.2 Å². The van der Waals surface area contributed by atoms with Crippen LogP contribution in [0, 0.1) is 0 Å². The van der Waals surface area contributed by atoms with Gasteiger partial charge in [0.2, 0.25) is 0 Å². The Bertz CT molecular complexity index is 886. The molecule has 128 valence electrons. The summed E-state index contributed by atoms with van der Waals surface area (Å²) in [4.78, 5) is 12.6. The lowest BCUT2D eigenvalue weighted by Gasteiger charge is -2.11. The number of benzene rings is 1. The van der Waals surface area contributed by atoms with Crippen LogP contribution in [0.4, 0.5) is 5.00 Å². The molecule has 1 aromatic carbocycles. The van der Waals surface area contributed by atoms with Crippen molar-refractivity contribution in [2.24, 2.45) is 0 Å². The van der Waals surface area contributed by atoms with Crippen molar-refractivity contribution in [3.8, 4) is 5.75 Å². The molecule has 2 aromatic rings. The molecule has 2 N–H and O–H groups in total. The smallest absolute Gasteiger partial charge is 0.339 e. The summed E-state index contributed by atoms with van der Waals surface area (Å²) in [6.07, 6.45) is 3.39. The number of aryl methyl sites for hydroxylation is 1. The van der Waals surface area contributed by atoms with Crippen molar-refractivity contribution in [2.45, 2.75) is 30.6 Å². The SMILES string of the molecule is COc1cccc(S(=O)(=O)Nc2sc3c(c2C(=O)O)CCCC3)c1. The van der Waals surface area contributed by atoms with Crippen LogP contribution in [0.2, 0.25) is 0 Å². The molecule has 0 saturated heterocycles. The minimum atomic E-state index is -3.88. The van der Waals surface area contributed by atoms with Gasteiger partial charge in [0.1, 0.15) is 10.8 Å². The number of rotatable bonds is 5. The molecular weight excluding hydrogens is 350 g/mol. The Hall–Kier alpha value is -2.06. The summed E-state index contributed by atoms with van der Waals surface area (Å²) >= 11 is 1.22. The average Bonchev–Trinajstić information content (AvgIpc) is 2.92. The van der Waals surface area contributed by atoms with Gasteiger partial charge < -0.3 is 9.84 Å². The summed E-state index contributed by atoms with van der Waals surface area (Å²) in [5, 5.41) is 9.69. The van der Waals surface area contributed by atoms with Crippen molar-refractivity contribution in [3.05, 3.63) is 40.3 Å². The number of anilines is 1. The van der Waals surface area contributed by atoms with Gasteiger partial charge in [0.15, 0.2) is 0 Å². The zero-order valence-electron chi connectivity index (χ0n) is 13.0. The van der Waals surface area contributed by atoms with Crippen LogP contribution in [0.1, 0.15) is 33.6 Å². The van der Waals surface area contributed by atoms with Crippen molar-refractivity contribution in [2.75, 3.05) is 11.8 Å². The average molecular weight is 367 g/mol. The second kappa shape index (κ2) is 6.45. The molecule has 1 aliphatic carbocycles. The number of aromatic carboxylic acids is 1. The molecule has 1 aliphatic rings. The quantitative estimate of drug-likeness (QED) is 0.847. The molecule has 3 rings (SSSR count). The van der Waals surface area contributed by atoms with Crippen LogP contribution in [-0.2, 0) is 22.9 Å². The maximum absolute atomic E-state index is 12.6. The largest absolute Gasteiger partial charge is 0.497 e.